The molecule has 2 rings (SSSR count). The molecule has 0 fully saturated rings. The Balaban J connectivity index is 2.43. The summed E-state index contributed by atoms with van der Waals surface area (Å²) in [5.41, 5.74) is 6.35. The van der Waals surface area contributed by atoms with E-state index in [1.165, 1.54) is 13.2 Å². The van der Waals surface area contributed by atoms with Crippen LogP contribution in [-0.2, 0) is 4.74 Å². The molecule has 0 unspecified atom stereocenters. The third kappa shape index (κ3) is 3.23. The van der Waals surface area contributed by atoms with Gasteiger partial charge in [-0.25, -0.2) is 4.79 Å². The number of carbonyl (C=O) groups is 1. The van der Waals surface area contributed by atoms with E-state index in [9.17, 15) is 4.79 Å². The van der Waals surface area contributed by atoms with Crippen LogP contribution in [0.3, 0.4) is 0 Å². The zero-order valence-corrected chi connectivity index (χ0v) is 12.9. The first kappa shape index (κ1) is 14.7. The van der Waals surface area contributed by atoms with Crippen LogP contribution in [0.5, 0.6) is 11.5 Å². The molecule has 6 heteroatoms. The van der Waals surface area contributed by atoms with Crippen LogP contribution in [0.4, 0.5) is 5.69 Å². The molecular weight excluding hydrogens is 346 g/mol. The molecule has 0 amide bonds. The molecule has 20 heavy (non-hydrogen) atoms. The Morgan fingerprint density at radius 2 is 1.95 bits per heavy atom. The Labute approximate surface area is 129 Å². The molecule has 0 aliphatic heterocycles. The van der Waals surface area contributed by atoms with Crippen molar-refractivity contribution in [2.75, 3.05) is 12.8 Å². The lowest BCUT2D eigenvalue weighted by atomic mass is 10.2. The maximum absolute atomic E-state index is 11.7. The van der Waals surface area contributed by atoms with Crippen LogP contribution in [0.15, 0.2) is 40.9 Å². The second kappa shape index (κ2) is 6.15. The lowest BCUT2D eigenvalue weighted by Crippen LogP contribution is -2.04. The van der Waals surface area contributed by atoms with Crippen molar-refractivity contribution in [3.8, 4) is 11.5 Å². The van der Waals surface area contributed by atoms with Gasteiger partial charge in [-0.15, -0.1) is 0 Å². The van der Waals surface area contributed by atoms with Crippen molar-refractivity contribution in [3.05, 3.63) is 51.5 Å². The van der Waals surface area contributed by atoms with E-state index in [1.807, 2.05) is 0 Å². The van der Waals surface area contributed by atoms with Gasteiger partial charge in [0.25, 0.3) is 0 Å². The third-order valence-corrected chi connectivity index (χ3v) is 3.33. The number of halogens is 2. The number of nitrogens with two attached hydrogens (primary N) is 1. The molecular formula is C14H11BrClNO3. The van der Waals surface area contributed by atoms with E-state index in [0.717, 1.165) is 4.47 Å². The van der Waals surface area contributed by atoms with E-state index < -0.39 is 5.97 Å². The van der Waals surface area contributed by atoms with Crippen LogP contribution >= 0.6 is 27.5 Å². The number of anilines is 1. The van der Waals surface area contributed by atoms with Gasteiger partial charge in [0.1, 0.15) is 17.1 Å². The minimum Gasteiger partial charge on any atom is -0.465 e. The minimum absolute atomic E-state index is 0.239. The number of benzene rings is 2. The molecule has 4 nitrogen and oxygen atoms in total. The van der Waals surface area contributed by atoms with Gasteiger partial charge in [0, 0.05) is 10.2 Å². The van der Waals surface area contributed by atoms with Crippen LogP contribution < -0.4 is 10.5 Å². The fourth-order valence-electron chi connectivity index (χ4n) is 1.58. The highest BCUT2D eigenvalue weighted by atomic mass is 79.9. The van der Waals surface area contributed by atoms with Crippen molar-refractivity contribution in [1.82, 2.24) is 0 Å². The van der Waals surface area contributed by atoms with Crippen LogP contribution in [0.1, 0.15) is 10.4 Å². The van der Waals surface area contributed by atoms with E-state index in [0.29, 0.717) is 22.2 Å². The number of methoxy groups -OCH3 is 1. The average Bonchev–Trinajstić information content (AvgIpc) is 2.43. The predicted octanol–water partition coefficient (Wildman–Crippen LogP) is 4.26. The summed E-state index contributed by atoms with van der Waals surface area (Å²) in [6, 6.07) is 9.91. The monoisotopic (exact) mass is 355 g/mol. The maximum Gasteiger partial charge on any atom is 0.341 e. The predicted molar refractivity (Wildman–Crippen MR) is 81.4 cm³/mol. The van der Waals surface area contributed by atoms with Crippen LogP contribution in [-0.4, -0.2) is 13.1 Å². The first-order chi connectivity index (χ1) is 9.51. The van der Waals surface area contributed by atoms with Crippen molar-refractivity contribution >= 4 is 39.2 Å². The molecule has 0 aliphatic carbocycles. The Hall–Kier alpha value is -1.72. The van der Waals surface area contributed by atoms with Gasteiger partial charge in [-0.2, -0.15) is 0 Å². The molecule has 2 N–H and O–H groups in total. The molecule has 2 aromatic carbocycles. The Morgan fingerprint density at radius 1 is 1.20 bits per heavy atom. The topological polar surface area (TPSA) is 61.5 Å². The van der Waals surface area contributed by atoms with Gasteiger partial charge in [0.05, 0.1) is 12.1 Å². The van der Waals surface area contributed by atoms with E-state index in [1.54, 1.807) is 30.3 Å². The zero-order chi connectivity index (χ0) is 14.7. The normalized spacial score (nSPS) is 10.2. The SMILES string of the molecule is COC(=O)c1cc(N)ccc1Oc1cc(Br)ccc1Cl. The van der Waals surface area contributed by atoms with Gasteiger partial charge in [0.2, 0.25) is 0 Å². The van der Waals surface area contributed by atoms with E-state index >= 15 is 0 Å². The van der Waals surface area contributed by atoms with Gasteiger partial charge in [0.15, 0.2) is 0 Å². The first-order valence-corrected chi connectivity index (χ1v) is 6.79. The van der Waals surface area contributed by atoms with Crippen molar-refractivity contribution in [2.45, 2.75) is 0 Å². The minimum atomic E-state index is -0.529. The highest BCUT2D eigenvalue weighted by Crippen LogP contribution is 2.34. The summed E-state index contributed by atoms with van der Waals surface area (Å²) in [5, 5.41) is 0.431. The zero-order valence-electron chi connectivity index (χ0n) is 10.5. The quantitative estimate of drug-likeness (QED) is 0.659. The number of hydrogen-bond acceptors (Lipinski definition) is 4. The molecule has 0 spiro atoms. The molecule has 2 aromatic rings. The molecule has 0 aromatic heterocycles. The Kier molecular flexibility index (Phi) is 4.52. The number of hydrogen-bond donors (Lipinski definition) is 1. The van der Waals surface area contributed by atoms with E-state index in [4.69, 9.17) is 26.8 Å². The fourth-order valence-corrected chi connectivity index (χ4v) is 2.08. The van der Waals surface area contributed by atoms with E-state index in [-0.39, 0.29) is 5.56 Å². The lowest BCUT2D eigenvalue weighted by molar-refractivity contribution is 0.0598. The molecule has 0 radical (unpaired) electrons. The number of esters is 1. The van der Waals surface area contributed by atoms with Crippen molar-refractivity contribution in [3.63, 3.8) is 0 Å². The van der Waals surface area contributed by atoms with Crippen molar-refractivity contribution in [2.24, 2.45) is 0 Å². The maximum atomic E-state index is 11.7. The summed E-state index contributed by atoms with van der Waals surface area (Å²) in [6.45, 7) is 0. The van der Waals surface area contributed by atoms with Crippen LogP contribution in [0.25, 0.3) is 0 Å². The molecule has 0 aliphatic rings. The number of rotatable bonds is 3. The molecule has 0 saturated heterocycles. The van der Waals surface area contributed by atoms with Crippen molar-refractivity contribution in [1.29, 1.82) is 0 Å². The summed E-state index contributed by atoms with van der Waals surface area (Å²) in [7, 11) is 1.29. The summed E-state index contributed by atoms with van der Waals surface area (Å²) in [5.74, 6) is 0.223. The highest BCUT2D eigenvalue weighted by molar-refractivity contribution is 9.10. The average molecular weight is 357 g/mol. The molecule has 0 atom stereocenters. The number of carbonyl (C=O) groups excluding carboxylic acids is 1. The molecule has 104 valence electrons. The Morgan fingerprint density at radius 3 is 2.65 bits per heavy atom. The van der Waals surface area contributed by atoms with Gasteiger partial charge < -0.3 is 15.2 Å². The van der Waals surface area contributed by atoms with Crippen molar-refractivity contribution < 1.29 is 14.3 Å². The summed E-state index contributed by atoms with van der Waals surface area (Å²) < 4.78 is 11.2. The fraction of sp³-hybridized carbons (Fsp3) is 0.0714. The van der Waals surface area contributed by atoms with E-state index in [2.05, 4.69) is 15.9 Å². The first-order valence-electron chi connectivity index (χ1n) is 5.62. The standard InChI is InChI=1S/C14H11BrClNO3/c1-19-14(18)10-7-9(17)3-5-12(10)20-13-6-8(15)2-4-11(13)16/h2-7H,17H2,1H3. The summed E-state index contributed by atoms with van der Waals surface area (Å²) in [6.07, 6.45) is 0. The molecule has 0 bridgehead atoms. The van der Waals surface area contributed by atoms with Crippen LogP contribution in [0.2, 0.25) is 5.02 Å². The molecule has 0 saturated carbocycles. The lowest BCUT2D eigenvalue weighted by Gasteiger charge is -2.12. The highest BCUT2D eigenvalue weighted by Gasteiger charge is 2.15. The van der Waals surface area contributed by atoms with Gasteiger partial charge in [-0.3, -0.25) is 0 Å². The Bertz CT molecular complexity index is 661. The third-order valence-electron chi connectivity index (χ3n) is 2.52. The van der Waals surface area contributed by atoms with Gasteiger partial charge >= 0.3 is 5.97 Å². The van der Waals surface area contributed by atoms with Crippen LogP contribution in [0, 0.1) is 0 Å². The number of ether oxygens (including phenoxy) is 2. The molecule has 0 heterocycles. The van der Waals surface area contributed by atoms with Gasteiger partial charge in [-0.05, 0) is 36.4 Å². The summed E-state index contributed by atoms with van der Waals surface area (Å²) >= 11 is 9.39. The second-order valence-corrected chi connectivity index (χ2v) is 5.25. The van der Waals surface area contributed by atoms with Gasteiger partial charge in [-0.1, -0.05) is 27.5 Å². The second-order valence-electron chi connectivity index (χ2n) is 3.92. The largest absolute Gasteiger partial charge is 0.465 e. The number of nitrogen functional groups attached to an aromatic ring is 1. The summed E-state index contributed by atoms with van der Waals surface area (Å²) in [4.78, 5) is 11.7. The smallest absolute Gasteiger partial charge is 0.341 e.